The molecule has 0 saturated carbocycles. The van der Waals surface area contributed by atoms with Gasteiger partial charge in [0.25, 0.3) is 5.91 Å². The molecule has 230 valence electrons. The Hall–Kier alpha value is -3.95. The topological polar surface area (TPSA) is 71.0 Å². The predicted molar refractivity (Wildman–Crippen MR) is 157 cm³/mol. The standard InChI is InChI=1S/C31H35F4N5O3/c1-38-12-10-26(24(32)19-38)37-25-6-3-7-28-23(25)18-22(40(28)20-31(33,34)35)5-4-11-36-27-9-8-21(17-29(27)42-2)30(41)39-13-15-43-16-14-39/h3,6-9,17-18,24,26,36-37H,10-16,19-20H2,1-2H3/t24?,26-/m1/s1. The minimum absolute atomic E-state index is 0.114. The van der Waals surface area contributed by atoms with Crippen LogP contribution in [0.2, 0.25) is 0 Å². The number of methoxy groups -OCH3 is 1. The molecule has 2 aromatic carbocycles. The number of amides is 1. The smallest absolute Gasteiger partial charge is 0.406 e. The summed E-state index contributed by atoms with van der Waals surface area (Å²) in [7, 11) is 3.35. The first-order chi connectivity index (χ1) is 20.6. The molecule has 3 heterocycles. The fourth-order valence-electron chi connectivity index (χ4n) is 5.48. The van der Waals surface area contributed by atoms with Crippen molar-refractivity contribution in [2.45, 2.75) is 31.4 Å². The van der Waals surface area contributed by atoms with Gasteiger partial charge in [0.05, 0.1) is 49.8 Å². The molecule has 2 N–H and O–H groups in total. The van der Waals surface area contributed by atoms with Crippen molar-refractivity contribution in [1.29, 1.82) is 0 Å². The maximum atomic E-state index is 14.7. The van der Waals surface area contributed by atoms with Crippen molar-refractivity contribution in [1.82, 2.24) is 14.4 Å². The molecule has 5 rings (SSSR count). The number of nitrogens with zero attached hydrogens (tertiary/aromatic N) is 3. The molecule has 2 aliphatic rings. The molecule has 3 aromatic rings. The number of ether oxygens (including phenoxy) is 2. The van der Waals surface area contributed by atoms with Crippen molar-refractivity contribution in [3.63, 3.8) is 0 Å². The third-order valence-electron chi connectivity index (χ3n) is 7.70. The molecule has 0 aliphatic carbocycles. The van der Waals surface area contributed by atoms with E-state index in [9.17, 15) is 22.4 Å². The molecule has 12 heteroatoms. The Bertz CT molecular complexity index is 1510. The number of fused-ring (bicyclic) bond motifs is 1. The van der Waals surface area contributed by atoms with E-state index in [4.69, 9.17) is 9.47 Å². The summed E-state index contributed by atoms with van der Waals surface area (Å²) < 4.78 is 67.4. The first kappa shape index (κ1) is 30.5. The summed E-state index contributed by atoms with van der Waals surface area (Å²) in [5.74, 6) is 6.12. The molecule has 2 aliphatic heterocycles. The highest BCUT2D eigenvalue weighted by molar-refractivity contribution is 5.95. The Morgan fingerprint density at radius 3 is 2.63 bits per heavy atom. The van der Waals surface area contributed by atoms with Crippen molar-refractivity contribution >= 4 is 28.2 Å². The molecule has 2 atom stereocenters. The van der Waals surface area contributed by atoms with Gasteiger partial charge in [-0.1, -0.05) is 12.0 Å². The third-order valence-corrected chi connectivity index (χ3v) is 7.70. The first-order valence-electron chi connectivity index (χ1n) is 14.2. The monoisotopic (exact) mass is 601 g/mol. The number of halogens is 4. The fraction of sp³-hybridized carbons (Fsp3) is 0.452. The highest BCUT2D eigenvalue weighted by Gasteiger charge is 2.31. The Morgan fingerprint density at radius 1 is 1.12 bits per heavy atom. The maximum Gasteiger partial charge on any atom is 0.406 e. The minimum Gasteiger partial charge on any atom is -0.495 e. The van der Waals surface area contributed by atoms with E-state index in [2.05, 4.69) is 22.5 Å². The lowest BCUT2D eigenvalue weighted by Gasteiger charge is -2.33. The number of piperidine rings is 1. The van der Waals surface area contributed by atoms with Gasteiger partial charge >= 0.3 is 6.18 Å². The second-order valence-electron chi connectivity index (χ2n) is 10.8. The van der Waals surface area contributed by atoms with Crippen LogP contribution in [0.4, 0.5) is 28.9 Å². The lowest BCUT2D eigenvalue weighted by Crippen LogP contribution is -2.46. The summed E-state index contributed by atoms with van der Waals surface area (Å²) in [6.07, 6.45) is -4.97. The van der Waals surface area contributed by atoms with Crippen LogP contribution in [-0.2, 0) is 11.3 Å². The quantitative estimate of drug-likeness (QED) is 0.305. The minimum atomic E-state index is -4.46. The fourth-order valence-corrected chi connectivity index (χ4v) is 5.48. The third kappa shape index (κ3) is 7.35. The van der Waals surface area contributed by atoms with E-state index in [1.807, 2.05) is 11.9 Å². The van der Waals surface area contributed by atoms with E-state index in [0.717, 1.165) is 11.1 Å². The Labute approximate surface area is 247 Å². The average molecular weight is 602 g/mol. The second kappa shape index (κ2) is 13.1. The first-order valence-corrected chi connectivity index (χ1v) is 14.2. The molecule has 1 unspecified atom stereocenters. The summed E-state index contributed by atoms with van der Waals surface area (Å²) in [5.41, 5.74) is 2.22. The summed E-state index contributed by atoms with van der Waals surface area (Å²) in [5, 5.41) is 6.90. The average Bonchev–Trinajstić information content (AvgIpc) is 3.33. The number of nitrogens with one attached hydrogen (secondary N) is 2. The molecular formula is C31H35F4N5O3. The van der Waals surface area contributed by atoms with E-state index in [-0.39, 0.29) is 18.1 Å². The van der Waals surface area contributed by atoms with Gasteiger partial charge in [0.15, 0.2) is 0 Å². The number of hydrogen-bond acceptors (Lipinski definition) is 6. The summed E-state index contributed by atoms with van der Waals surface area (Å²) in [6, 6.07) is 11.3. The molecule has 8 nitrogen and oxygen atoms in total. The van der Waals surface area contributed by atoms with Crippen LogP contribution in [0.25, 0.3) is 10.9 Å². The van der Waals surface area contributed by atoms with E-state index < -0.39 is 24.9 Å². The summed E-state index contributed by atoms with van der Waals surface area (Å²) in [4.78, 5) is 16.5. The normalized spacial score (nSPS) is 19.5. The molecule has 43 heavy (non-hydrogen) atoms. The SMILES string of the molecule is COc1cc(C(=O)N2CCOCC2)ccc1NCC#Cc1cc2c(N[C@@H]3CCN(C)CC3F)cccc2n1CC(F)(F)F. The van der Waals surface area contributed by atoms with Gasteiger partial charge in [-0.2, -0.15) is 13.2 Å². The van der Waals surface area contributed by atoms with Crippen LogP contribution in [-0.4, -0.2) is 98.8 Å². The van der Waals surface area contributed by atoms with Crippen LogP contribution < -0.4 is 15.4 Å². The van der Waals surface area contributed by atoms with Crippen molar-refractivity contribution in [3.05, 3.63) is 53.7 Å². The number of alkyl halides is 4. The number of carbonyl (C=O) groups is 1. The molecular weight excluding hydrogens is 566 g/mol. The van der Waals surface area contributed by atoms with Gasteiger partial charge in [-0.3, -0.25) is 4.79 Å². The Morgan fingerprint density at radius 2 is 1.91 bits per heavy atom. The molecule has 0 radical (unpaired) electrons. The van der Waals surface area contributed by atoms with E-state index in [1.165, 1.54) is 7.11 Å². The van der Waals surface area contributed by atoms with Gasteiger partial charge in [-0.15, -0.1) is 0 Å². The van der Waals surface area contributed by atoms with Crippen molar-refractivity contribution in [2.24, 2.45) is 0 Å². The molecule has 0 spiro atoms. The summed E-state index contributed by atoms with van der Waals surface area (Å²) in [6.45, 7) is 1.97. The van der Waals surface area contributed by atoms with Gasteiger partial charge in [-0.05, 0) is 55.8 Å². The molecule has 2 saturated heterocycles. The number of carbonyl (C=O) groups excluding carboxylic acids is 1. The van der Waals surface area contributed by atoms with Gasteiger partial charge in [0.1, 0.15) is 18.5 Å². The number of anilines is 2. The van der Waals surface area contributed by atoms with Crippen LogP contribution in [0, 0.1) is 11.8 Å². The number of morpholine rings is 1. The Kier molecular flexibility index (Phi) is 9.32. The lowest BCUT2D eigenvalue weighted by molar-refractivity contribution is -0.140. The van der Waals surface area contributed by atoms with Crippen molar-refractivity contribution in [2.75, 3.05) is 70.7 Å². The van der Waals surface area contributed by atoms with E-state index >= 15 is 0 Å². The second-order valence-corrected chi connectivity index (χ2v) is 10.8. The number of hydrogen-bond donors (Lipinski definition) is 2. The predicted octanol–water partition coefficient (Wildman–Crippen LogP) is 4.60. The number of likely N-dealkylation sites (tertiary alicyclic amines) is 1. The molecule has 1 amide bonds. The zero-order valence-electron chi connectivity index (χ0n) is 24.1. The number of aromatic nitrogens is 1. The van der Waals surface area contributed by atoms with Crippen molar-refractivity contribution in [3.8, 4) is 17.6 Å². The number of benzene rings is 2. The highest BCUT2D eigenvalue weighted by Crippen LogP contribution is 2.32. The van der Waals surface area contributed by atoms with Gasteiger partial charge in [-0.25, -0.2) is 4.39 Å². The van der Waals surface area contributed by atoms with Crippen LogP contribution in [0.15, 0.2) is 42.5 Å². The molecule has 0 bridgehead atoms. The van der Waals surface area contributed by atoms with Crippen LogP contribution in [0.1, 0.15) is 22.5 Å². The maximum absolute atomic E-state index is 14.7. The lowest BCUT2D eigenvalue weighted by atomic mass is 10.0. The van der Waals surface area contributed by atoms with Gasteiger partial charge in [0.2, 0.25) is 0 Å². The molecule has 1 aromatic heterocycles. The van der Waals surface area contributed by atoms with Crippen molar-refractivity contribution < 1.29 is 31.8 Å². The van der Waals surface area contributed by atoms with Crippen LogP contribution >= 0.6 is 0 Å². The Balaban J connectivity index is 1.35. The largest absolute Gasteiger partial charge is 0.495 e. The zero-order chi connectivity index (χ0) is 30.6. The number of rotatable bonds is 7. The van der Waals surface area contributed by atoms with E-state index in [1.54, 1.807) is 47.4 Å². The van der Waals surface area contributed by atoms with E-state index in [0.29, 0.717) is 72.9 Å². The summed E-state index contributed by atoms with van der Waals surface area (Å²) >= 11 is 0. The van der Waals surface area contributed by atoms with Crippen LogP contribution in [0.3, 0.4) is 0 Å². The van der Waals surface area contributed by atoms with Gasteiger partial charge < -0.3 is 34.5 Å². The highest BCUT2D eigenvalue weighted by atomic mass is 19.4. The zero-order valence-corrected chi connectivity index (χ0v) is 24.1. The van der Waals surface area contributed by atoms with Gasteiger partial charge in [0, 0.05) is 42.8 Å². The van der Waals surface area contributed by atoms with Crippen LogP contribution in [0.5, 0.6) is 5.75 Å². The molecule has 2 fully saturated rings.